The van der Waals surface area contributed by atoms with Gasteiger partial charge in [-0.3, -0.25) is 4.98 Å². The van der Waals surface area contributed by atoms with Gasteiger partial charge in [0, 0.05) is 17.8 Å². The van der Waals surface area contributed by atoms with Gasteiger partial charge in [-0.2, -0.15) is 0 Å². The number of rotatable bonds is 1. The number of nitrogens with zero attached hydrogens (tertiary/aromatic N) is 1. The van der Waals surface area contributed by atoms with Crippen LogP contribution in [0.1, 0.15) is 0 Å². The number of aromatic nitrogens is 1. The predicted octanol–water partition coefficient (Wildman–Crippen LogP) is 2.84. The molecule has 0 unspecified atom stereocenters. The zero-order valence-corrected chi connectivity index (χ0v) is 8.20. The standard InChI is InChI=1S/C5H5N.C5H6OS/c1-2-4-6-5-3-1;1-6-5-2-3-7-4-5/h1-5H;2-4H,1H3. The van der Waals surface area contributed by atoms with E-state index in [0.717, 1.165) is 5.75 Å². The van der Waals surface area contributed by atoms with Crippen LogP contribution < -0.4 is 4.74 Å². The molecule has 0 aliphatic rings. The van der Waals surface area contributed by atoms with Gasteiger partial charge in [0.05, 0.1) is 7.11 Å². The summed E-state index contributed by atoms with van der Waals surface area (Å²) in [6.07, 6.45) is 3.50. The van der Waals surface area contributed by atoms with Crippen molar-refractivity contribution in [2.75, 3.05) is 7.11 Å². The third-order valence-electron chi connectivity index (χ3n) is 1.30. The normalized spacial score (nSPS) is 8.38. The van der Waals surface area contributed by atoms with Gasteiger partial charge in [-0.05, 0) is 23.6 Å². The van der Waals surface area contributed by atoms with E-state index in [1.807, 2.05) is 35.0 Å². The zero-order valence-electron chi connectivity index (χ0n) is 7.38. The first-order chi connectivity index (χ1) is 6.43. The van der Waals surface area contributed by atoms with Crippen LogP contribution in [-0.4, -0.2) is 12.1 Å². The summed E-state index contributed by atoms with van der Waals surface area (Å²) in [5, 5.41) is 3.94. The van der Waals surface area contributed by atoms with Crippen LogP contribution in [0, 0.1) is 0 Å². The number of pyridine rings is 1. The van der Waals surface area contributed by atoms with E-state index in [2.05, 4.69) is 4.98 Å². The second-order valence-electron chi connectivity index (χ2n) is 2.19. The van der Waals surface area contributed by atoms with Crippen LogP contribution in [0.4, 0.5) is 0 Å². The summed E-state index contributed by atoms with van der Waals surface area (Å²) in [5.74, 6) is 0.949. The van der Waals surface area contributed by atoms with Crippen molar-refractivity contribution < 1.29 is 4.74 Å². The molecule has 3 heteroatoms. The third kappa shape index (κ3) is 4.28. The molecule has 0 radical (unpaired) electrons. The second kappa shape index (κ2) is 6.20. The van der Waals surface area contributed by atoms with E-state index in [1.54, 1.807) is 30.8 Å². The van der Waals surface area contributed by atoms with E-state index >= 15 is 0 Å². The average molecular weight is 193 g/mol. The minimum atomic E-state index is 0.949. The summed E-state index contributed by atoms with van der Waals surface area (Å²) in [6.45, 7) is 0. The molecule has 0 aliphatic carbocycles. The fraction of sp³-hybridized carbons (Fsp3) is 0.100. The van der Waals surface area contributed by atoms with Crippen molar-refractivity contribution in [2.45, 2.75) is 0 Å². The first kappa shape index (κ1) is 9.74. The molecule has 0 atom stereocenters. The van der Waals surface area contributed by atoms with Crippen LogP contribution in [-0.2, 0) is 0 Å². The van der Waals surface area contributed by atoms with Crippen LogP contribution >= 0.6 is 11.3 Å². The van der Waals surface area contributed by atoms with Gasteiger partial charge in [-0.15, -0.1) is 11.3 Å². The Morgan fingerprint density at radius 3 is 2.23 bits per heavy atom. The Kier molecular flexibility index (Phi) is 4.64. The monoisotopic (exact) mass is 193 g/mol. The van der Waals surface area contributed by atoms with Crippen molar-refractivity contribution in [1.29, 1.82) is 0 Å². The van der Waals surface area contributed by atoms with Crippen molar-refractivity contribution in [3.8, 4) is 5.75 Å². The number of hydrogen-bond acceptors (Lipinski definition) is 3. The Labute approximate surface area is 81.8 Å². The van der Waals surface area contributed by atoms with Crippen molar-refractivity contribution in [3.05, 3.63) is 47.4 Å². The van der Waals surface area contributed by atoms with Crippen LogP contribution in [0.3, 0.4) is 0 Å². The molecular formula is C10H11NOS. The summed E-state index contributed by atoms with van der Waals surface area (Å²) < 4.78 is 4.86. The Morgan fingerprint density at radius 2 is 2.00 bits per heavy atom. The largest absolute Gasteiger partial charge is 0.496 e. The molecule has 0 amide bonds. The lowest BCUT2D eigenvalue weighted by atomic mass is 10.5. The Hall–Kier alpha value is -1.35. The molecule has 0 aliphatic heterocycles. The fourth-order valence-corrected chi connectivity index (χ4v) is 1.28. The number of thiophene rings is 1. The summed E-state index contributed by atoms with van der Waals surface area (Å²) >= 11 is 1.64. The molecule has 68 valence electrons. The summed E-state index contributed by atoms with van der Waals surface area (Å²) in [6, 6.07) is 7.65. The van der Waals surface area contributed by atoms with Crippen LogP contribution in [0.2, 0.25) is 0 Å². The number of methoxy groups -OCH3 is 1. The van der Waals surface area contributed by atoms with E-state index in [-0.39, 0.29) is 0 Å². The Bertz CT molecular complexity index is 267. The maximum Gasteiger partial charge on any atom is 0.129 e. The minimum absolute atomic E-state index is 0.949. The lowest BCUT2D eigenvalue weighted by molar-refractivity contribution is 0.417. The first-order valence-electron chi connectivity index (χ1n) is 3.84. The van der Waals surface area contributed by atoms with E-state index < -0.39 is 0 Å². The van der Waals surface area contributed by atoms with Crippen molar-refractivity contribution in [3.63, 3.8) is 0 Å². The molecule has 2 aromatic rings. The van der Waals surface area contributed by atoms with E-state index in [4.69, 9.17) is 4.74 Å². The van der Waals surface area contributed by atoms with Crippen molar-refractivity contribution in [1.82, 2.24) is 4.98 Å². The summed E-state index contributed by atoms with van der Waals surface area (Å²) in [5.41, 5.74) is 0. The Balaban J connectivity index is 0.000000132. The molecule has 2 heterocycles. The van der Waals surface area contributed by atoms with Crippen molar-refractivity contribution in [2.24, 2.45) is 0 Å². The summed E-state index contributed by atoms with van der Waals surface area (Å²) in [7, 11) is 1.67. The lowest BCUT2D eigenvalue weighted by Crippen LogP contribution is -1.74. The highest BCUT2D eigenvalue weighted by Crippen LogP contribution is 2.12. The second-order valence-corrected chi connectivity index (χ2v) is 2.97. The van der Waals surface area contributed by atoms with Gasteiger partial charge in [0.2, 0.25) is 0 Å². The lowest BCUT2D eigenvalue weighted by Gasteiger charge is -1.86. The highest BCUT2D eigenvalue weighted by Gasteiger charge is 1.82. The van der Waals surface area contributed by atoms with Gasteiger partial charge in [0.1, 0.15) is 5.75 Å². The first-order valence-corrected chi connectivity index (χ1v) is 4.79. The molecule has 0 saturated heterocycles. The molecule has 2 rings (SSSR count). The molecule has 0 bridgehead atoms. The maximum atomic E-state index is 4.86. The molecule has 2 aromatic heterocycles. The van der Waals surface area contributed by atoms with Gasteiger partial charge in [0.15, 0.2) is 0 Å². The van der Waals surface area contributed by atoms with E-state index in [0.29, 0.717) is 0 Å². The van der Waals surface area contributed by atoms with E-state index in [9.17, 15) is 0 Å². The topological polar surface area (TPSA) is 22.1 Å². The molecule has 0 N–H and O–H groups in total. The quantitative estimate of drug-likeness (QED) is 0.694. The summed E-state index contributed by atoms with van der Waals surface area (Å²) in [4.78, 5) is 3.78. The Morgan fingerprint density at radius 1 is 1.23 bits per heavy atom. The molecule has 0 fully saturated rings. The van der Waals surface area contributed by atoms with Crippen LogP contribution in [0.25, 0.3) is 0 Å². The van der Waals surface area contributed by atoms with Crippen LogP contribution in [0.15, 0.2) is 47.4 Å². The van der Waals surface area contributed by atoms with Gasteiger partial charge < -0.3 is 4.74 Å². The average Bonchev–Trinajstić information content (AvgIpc) is 2.74. The molecule has 2 nitrogen and oxygen atoms in total. The molecule has 0 spiro atoms. The molecule has 0 saturated carbocycles. The number of hydrogen-bond donors (Lipinski definition) is 0. The maximum absolute atomic E-state index is 4.86. The fourth-order valence-electron chi connectivity index (χ4n) is 0.681. The van der Waals surface area contributed by atoms with Crippen molar-refractivity contribution >= 4 is 11.3 Å². The predicted molar refractivity (Wildman–Crippen MR) is 55.1 cm³/mol. The minimum Gasteiger partial charge on any atom is -0.496 e. The van der Waals surface area contributed by atoms with Gasteiger partial charge in [-0.25, -0.2) is 0 Å². The molecule has 13 heavy (non-hydrogen) atoms. The van der Waals surface area contributed by atoms with E-state index in [1.165, 1.54) is 0 Å². The highest BCUT2D eigenvalue weighted by molar-refractivity contribution is 7.08. The SMILES string of the molecule is COc1ccsc1.c1ccncc1. The van der Waals surface area contributed by atoms with Gasteiger partial charge in [-0.1, -0.05) is 6.07 Å². The molecular weight excluding hydrogens is 182 g/mol. The third-order valence-corrected chi connectivity index (χ3v) is 1.96. The highest BCUT2D eigenvalue weighted by atomic mass is 32.1. The van der Waals surface area contributed by atoms with Gasteiger partial charge >= 0.3 is 0 Å². The van der Waals surface area contributed by atoms with Gasteiger partial charge in [0.25, 0.3) is 0 Å². The van der Waals surface area contributed by atoms with Crippen LogP contribution in [0.5, 0.6) is 5.75 Å². The zero-order chi connectivity index (χ0) is 9.36. The number of ether oxygens (including phenoxy) is 1. The molecule has 0 aromatic carbocycles. The smallest absolute Gasteiger partial charge is 0.129 e.